The van der Waals surface area contributed by atoms with Crippen molar-refractivity contribution >= 4 is 5.78 Å². The smallest absolute Gasteiger partial charge is 0.376 e. The van der Waals surface area contributed by atoms with Gasteiger partial charge < -0.3 is 5.11 Å². The molecule has 0 amide bonds. The summed E-state index contributed by atoms with van der Waals surface area (Å²) in [5.41, 5.74) is -3.99. The average Bonchev–Trinajstić information content (AvgIpc) is 2.54. The van der Waals surface area contributed by atoms with E-state index in [-0.39, 0.29) is 0 Å². The molecule has 6 heteroatoms. The quantitative estimate of drug-likeness (QED) is 0.498. The van der Waals surface area contributed by atoms with Gasteiger partial charge in [-0.05, 0) is 12.1 Å². The number of rotatable bonds is 5. The third kappa shape index (κ3) is 3.71. The Balaban J connectivity index is 2.27. The molecule has 24 heavy (non-hydrogen) atoms. The minimum atomic E-state index is -5.10. The Kier molecular flexibility index (Phi) is 5.19. The molecule has 0 aromatic heterocycles. The minimum absolute atomic E-state index is 0.301. The van der Waals surface area contributed by atoms with Crippen LogP contribution < -0.4 is 0 Å². The largest absolute Gasteiger partial charge is 0.421 e. The third-order valence-corrected chi connectivity index (χ3v) is 3.53. The molecule has 0 bridgehead atoms. The predicted octanol–water partition coefficient (Wildman–Crippen LogP) is 4.40. The Labute approximate surface area is 136 Å². The molecule has 2 aromatic carbocycles. The molecule has 0 aliphatic heterocycles. The fraction of sp³-hybridized carbons (Fsp3) is 0.167. The second kappa shape index (κ2) is 6.97. The van der Waals surface area contributed by atoms with Crippen molar-refractivity contribution in [2.75, 3.05) is 0 Å². The molecule has 2 aromatic rings. The van der Waals surface area contributed by atoms with Crippen LogP contribution in [-0.4, -0.2) is 17.1 Å². The molecule has 1 N–H and O–H groups in total. The van der Waals surface area contributed by atoms with Crippen LogP contribution in [0.25, 0.3) is 0 Å². The number of carbonyl (C=O) groups excluding carboxylic acids is 1. The second-order valence-electron chi connectivity index (χ2n) is 5.17. The van der Waals surface area contributed by atoms with Crippen LogP contribution in [-0.2, 0) is 5.60 Å². The summed E-state index contributed by atoms with van der Waals surface area (Å²) < 4.78 is 53.6. The molecule has 0 radical (unpaired) electrons. The number of ketones is 1. The highest BCUT2D eigenvalue weighted by Crippen LogP contribution is 2.42. The van der Waals surface area contributed by atoms with E-state index in [0.29, 0.717) is 5.56 Å². The molecular weight excluding hydrogens is 324 g/mol. The van der Waals surface area contributed by atoms with Gasteiger partial charge in [0, 0.05) is 17.5 Å². The lowest BCUT2D eigenvalue weighted by molar-refractivity contribution is -0.266. The Hall–Kier alpha value is -2.47. The van der Waals surface area contributed by atoms with Crippen LogP contribution in [0, 0.1) is 5.82 Å². The molecule has 0 aliphatic carbocycles. The second-order valence-corrected chi connectivity index (χ2v) is 5.17. The van der Waals surface area contributed by atoms with E-state index in [1.807, 2.05) is 0 Å². The summed E-state index contributed by atoms with van der Waals surface area (Å²) in [4.78, 5) is 11.9. The zero-order valence-corrected chi connectivity index (χ0v) is 12.4. The number of aliphatic hydroxyl groups is 1. The molecule has 0 saturated carbocycles. The summed E-state index contributed by atoms with van der Waals surface area (Å²) in [6.45, 7) is 0. The van der Waals surface area contributed by atoms with E-state index in [2.05, 4.69) is 0 Å². The highest BCUT2D eigenvalue weighted by Gasteiger charge is 2.55. The molecular formula is C18H14F4O2. The number of benzene rings is 2. The van der Waals surface area contributed by atoms with Crippen LogP contribution in [0.1, 0.15) is 22.3 Å². The van der Waals surface area contributed by atoms with Gasteiger partial charge in [0.15, 0.2) is 11.4 Å². The SMILES string of the molecule is O=C(/C=C/C[C@](O)(c1ccccc1F)C(F)(F)F)c1ccccc1. The van der Waals surface area contributed by atoms with E-state index in [1.165, 1.54) is 24.3 Å². The van der Waals surface area contributed by atoms with Gasteiger partial charge in [-0.15, -0.1) is 0 Å². The van der Waals surface area contributed by atoms with Crippen molar-refractivity contribution in [1.82, 2.24) is 0 Å². The number of allylic oxidation sites excluding steroid dienone is 1. The Morgan fingerprint density at radius 2 is 1.58 bits per heavy atom. The highest BCUT2D eigenvalue weighted by atomic mass is 19.4. The molecule has 1 atom stereocenters. The molecule has 2 nitrogen and oxygen atoms in total. The Morgan fingerprint density at radius 3 is 2.17 bits per heavy atom. The van der Waals surface area contributed by atoms with Gasteiger partial charge in [0.25, 0.3) is 0 Å². The van der Waals surface area contributed by atoms with E-state index >= 15 is 0 Å². The van der Waals surface area contributed by atoms with Crippen molar-refractivity contribution < 1.29 is 27.5 Å². The van der Waals surface area contributed by atoms with Crippen molar-refractivity contribution in [3.8, 4) is 0 Å². The Morgan fingerprint density at radius 1 is 1.00 bits per heavy atom. The van der Waals surface area contributed by atoms with E-state index < -0.39 is 35.4 Å². The van der Waals surface area contributed by atoms with E-state index in [1.54, 1.807) is 18.2 Å². The lowest BCUT2D eigenvalue weighted by atomic mass is 9.89. The first kappa shape index (κ1) is 17.9. The lowest BCUT2D eigenvalue weighted by Crippen LogP contribution is -2.42. The van der Waals surface area contributed by atoms with E-state index in [4.69, 9.17) is 0 Å². The summed E-state index contributed by atoms with van der Waals surface area (Å²) in [7, 11) is 0. The van der Waals surface area contributed by atoms with Crippen LogP contribution >= 0.6 is 0 Å². The molecule has 0 spiro atoms. The highest BCUT2D eigenvalue weighted by molar-refractivity contribution is 6.04. The van der Waals surface area contributed by atoms with E-state index in [0.717, 1.165) is 24.3 Å². The van der Waals surface area contributed by atoms with Crippen molar-refractivity contribution in [2.45, 2.75) is 18.2 Å². The molecule has 0 fully saturated rings. The van der Waals surface area contributed by atoms with Gasteiger partial charge in [-0.1, -0.05) is 54.6 Å². The number of hydrogen-bond acceptors (Lipinski definition) is 2. The standard InChI is InChI=1S/C18H14F4O2/c19-15-10-5-4-9-14(15)17(24,18(20,21)22)12-6-11-16(23)13-7-2-1-3-8-13/h1-11,24H,12H2/b11-6+/t17-/m0/s1. The average molecular weight is 338 g/mol. The van der Waals surface area contributed by atoms with Crippen LogP contribution in [0.15, 0.2) is 66.7 Å². The summed E-state index contributed by atoms with van der Waals surface area (Å²) in [6, 6.07) is 12.1. The topological polar surface area (TPSA) is 37.3 Å². The molecule has 2 rings (SSSR count). The first-order valence-electron chi connectivity index (χ1n) is 7.06. The van der Waals surface area contributed by atoms with E-state index in [9.17, 15) is 27.5 Å². The van der Waals surface area contributed by atoms with Gasteiger partial charge >= 0.3 is 6.18 Å². The lowest BCUT2D eigenvalue weighted by Gasteiger charge is -2.30. The summed E-state index contributed by atoms with van der Waals surface area (Å²) >= 11 is 0. The third-order valence-electron chi connectivity index (χ3n) is 3.53. The summed E-state index contributed by atoms with van der Waals surface area (Å²) in [5.74, 6) is -1.67. The van der Waals surface area contributed by atoms with Crippen molar-refractivity contribution in [3.05, 3.63) is 83.7 Å². The molecule has 0 aliphatic rings. The normalized spacial score (nSPS) is 14.5. The molecule has 0 unspecified atom stereocenters. The zero-order valence-electron chi connectivity index (χ0n) is 12.4. The first-order chi connectivity index (χ1) is 11.3. The van der Waals surface area contributed by atoms with Gasteiger partial charge in [-0.2, -0.15) is 13.2 Å². The number of halogens is 4. The fourth-order valence-electron chi connectivity index (χ4n) is 2.21. The summed E-state index contributed by atoms with van der Waals surface area (Å²) in [5, 5.41) is 10.1. The minimum Gasteiger partial charge on any atom is -0.376 e. The number of carbonyl (C=O) groups is 1. The Bertz CT molecular complexity index is 738. The van der Waals surface area contributed by atoms with Gasteiger partial charge in [0.1, 0.15) is 5.82 Å². The maximum atomic E-state index is 13.7. The van der Waals surface area contributed by atoms with Crippen molar-refractivity contribution in [3.63, 3.8) is 0 Å². The fourth-order valence-corrected chi connectivity index (χ4v) is 2.21. The van der Waals surface area contributed by atoms with Crippen LogP contribution in [0.4, 0.5) is 17.6 Å². The molecule has 126 valence electrons. The van der Waals surface area contributed by atoms with Crippen molar-refractivity contribution in [1.29, 1.82) is 0 Å². The van der Waals surface area contributed by atoms with Crippen LogP contribution in [0.5, 0.6) is 0 Å². The van der Waals surface area contributed by atoms with Gasteiger partial charge in [0.05, 0.1) is 0 Å². The van der Waals surface area contributed by atoms with Gasteiger partial charge in [0.2, 0.25) is 0 Å². The molecule has 0 heterocycles. The maximum Gasteiger partial charge on any atom is 0.421 e. The zero-order chi connectivity index (χ0) is 17.8. The number of hydrogen-bond donors (Lipinski definition) is 1. The summed E-state index contributed by atoms with van der Waals surface area (Å²) in [6.07, 6.45) is -4.24. The maximum absolute atomic E-state index is 13.7. The molecule has 0 saturated heterocycles. The monoisotopic (exact) mass is 338 g/mol. The first-order valence-corrected chi connectivity index (χ1v) is 7.06. The van der Waals surface area contributed by atoms with Crippen molar-refractivity contribution in [2.24, 2.45) is 0 Å². The van der Waals surface area contributed by atoms with Crippen LogP contribution in [0.3, 0.4) is 0 Å². The van der Waals surface area contributed by atoms with Gasteiger partial charge in [-0.3, -0.25) is 4.79 Å². The van der Waals surface area contributed by atoms with Crippen LogP contribution in [0.2, 0.25) is 0 Å². The predicted molar refractivity (Wildman–Crippen MR) is 80.9 cm³/mol. The van der Waals surface area contributed by atoms with Gasteiger partial charge in [-0.25, -0.2) is 4.39 Å². The number of alkyl halides is 3.